The molecule has 0 radical (unpaired) electrons. The zero-order chi connectivity index (χ0) is 19.1. The SMILES string of the molecule is CC(NC(=O)Cc1cccc(OCCN(C)C)c1)c1ccc(F)c(Cl)c1. The molecular formula is C20H24ClFN2O2. The fourth-order valence-electron chi connectivity index (χ4n) is 2.43. The van der Waals surface area contributed by atoms with Crippen molar-refractivity contribution in [3.05, 3.63) is 64.4 Å². The Morgan fingerprint density at radius 2 is 2.04 bits per heavy atom. The summed E-state index contributed by atoms with van der Waals surface area (Å²) in [6.45, 7) is 3.25. The van der Waals surface area contributed by atoms with Crippen molar-refractivity contribution in [2.24, 2.45) is 0 Å². The number of benzene rings is 2. The van der Waals surface area contributed by atoms with E-state index in [9.17, 15) is 9.18 Å². The molecule has 0 aromatic heterocycles. The Bertz CT molecular complexity index is 752. The van der Waals surface area contributed by atoms with Crippen molar-refractivity contribution < 1.29 is 13.9 Å². The summed E-state index contributed by atoms with van der Waals surface area (Å²) < 4.78 is 18.9. The molecule has 0 bridgehead atoms. The van der Waals surface area contributed by atoms with Gasteiger partial charge < -0.3 is 15.0 Å². The molecule has 0 saturated carbocycles. The minimum absolute atomic E-state index is 0.0474. The number of amides is 1. The fraction of sp³-hybridized carbons (Fsp3) is 0.350. The highest BCUT2D eigenvalue weighted by atomic mass is 35.5. The number of hydrogen-bond donors (Lipinski definition) is 1. The van der Waals surface area contributed by atoms with Crippen LogP contribution >= 0.6 is 11.6 Å². The minimum atomic E-state index is -0.472. The molecule has 1 atom stereocenters. The highest BCUT2D eigenvalue weighted by molar-refractivity contribution is 6.30. The number of likely N-dealkylation sites (N-methyl/N-ethyl adjacent to an activating group) is 1. The molecule has 2 aromatic carbocycles. The molecule has 2 rings (SSSR count). The van der Waals surface area contributed by atoms with Crippen molar-refractivity contribution in [1.82, 2.24) is 10.2 Å². The highest BCUT2D eigenvalue weighted by Gasteiger charge is 2.12. The molecule has 2 aromatic rings. The van der Waals surface area contributed by atoms with Crippen molar-refractivity contribution in [1.29, 1.82) is 0 Å². The van der Waals surface area contributed by atoms with Gasteiger partial charge in [-0.1, -0.05) is 29.8 Å². The van der Waals surface area contributed by atoms with Gasteiger partial charge in [0.05, 0.1) is 17.5 Å². The molecule has 0 saturated heterocycles. The van der Waals surface area contributed by atoms with Gasteiger partial charge in [0, 0.05) is 6.54 Å². The van der Waals surface area contributed by atoms with Crippen LogP contribution in [0.5, 0.6) is 5.75 Å². The van der Waals surface area contributed by atoms with Crippen LogP contribution in [0.2, 0.25) is 5.02 Å². The Balaban J connectivity index is 1.91. The third-order valence-corrected chi connectivity index (χ3v) is 4.18. The normalized spacial score (nSPS) is 12.1. The lowest BCUT2D eigenvalue weighted by Crippen LogP contribution is -2.28. The van der Waals surface area contributed by atoms with E-state index in [1.807, 2.05) is 50.2 Å². The average Bonchev–Trinajstić information content (AvgIpc) is 2.57. The van der Waals surface area contributed by atoms with Crippen molar-refractivity contribution in [2.75, 3.05) is 27.2 Å². The molecule has 1 unspecified atom stereocenters. The van der Waals surface area contributed by atoms with E-state index in [2.05, 4.69) is 5.32 Å². The molecule has 140 valence electrons. The van der Waals surface area contributed by atoms with Gasteiger partial charge in [0.15, 0.2) is 0 Å². The molecule has 1 amide bonds. The van der Waals surface area contributed by atoms with E-state index < -0.39 is 5.82 Å². The molecule has 0 fully saturated rings. The summed E-state index contributed by atoms with van der Waals surface area (Å²) in [6, 6.07) is 11.7. The maximum absolute atomic E-state index is 13.2. The first kappa shape index (κ1) is 20.2. The Morgan fingerprint density at radius 3 is 2.73 bits per heavy atom. The molecule has 1 N–H and O–H groups in total. The van der Waals surface area contributed by atoms with E-state index in [-0.39, 0.29) is 23.4 Å². The van der Waals surface area contributed by atoms with E-state index in [1.165, 1.54) is 12.1 Å². The molecule has 0 aliphatic carbocycles. The van der Waals surface area contributed by atoms with E-state index >= 15 is 0 Å². The maximum atomic E-state index is 13.2. The Morgan fingerprint density at radius 1 is 1.27 bits per heavy atom. The van der Waals surface area contributed by atoms with E-state index in [0.29, 0.717) is 6.61 Å². The smallest absolute Gasteiger partial charge is 0.224 e. The minimum Gasteiger partial charge on any atom is -0.492 e. The van der Waals surface area contributed by atoms with E-state index in [0.717, 1.165) is 23.4 Å². The van der Waals surface area contributed by atoms with Gasteiger partial charge in [0.1, 0.15) is 18.2 Å². The van der Waals surface area contributed by atoms with Crippen LogP contribution in [0.4, 0.5) is 4.39 Å². The summed E-state index contributed by atoms with van der Waals surface area (Å²) in [6.07, 6.45) is 0.240. The zero-order valence-electron chi connectivity index (χ0n) is 15.3. The first-order valence-electron chi connectivity index (χ1n) is 8.46. The lowest BCUT2D eigenvalue weighted by Gasteiger charge is -2.15. The van der Waals surface area contributed by atoms with Crippen LogP contribution in [-0.2, 0) is 11.2 Å². The van der Waals surface area contributed by atoms with Gasteiger partial charge in [0.2, 0.25) is 5.91 Å². The number of carbonyl (C=O) groups is 1. The van der Waals surface area contributed by atoms with Crippen molar-refractivity contribution >= 4 is 17.5 Å². The Labute approximate surface area is 158 Å². The summed E-state index contributed by atoms with van der Waals surface area (Å²) >= 11 is 5.80. The van der Waals surface area contributed by atoms with Crippen LogP contribution in [0.1, 0.15) is 24.1 Å². The van der Waals surface area contributed by atoms with Gasteiger partial charge in [-0.05, 0) is 56.4 Å². The average molecular weight is 379 g/mol. The summed E-state index contributed by atoms with van der Waals surface area (Å²) in [5, 5.41) is 2.95. The number of hydrogen-bond acceptors (Lipinski definition) is 3. The second-order valence-electron chi connectivity index (χ2n) is 6.44. The van der Waals surface area contributed by atoms with Crippen LogP contribution in [0.15, 0.2) is 42.5 Å². The molecule has 0 spiro atoms. The standard InChI is InChI=1S/C20H24ClFN2O2/c1-14(16-7-8-19(22)18(21)13-16)23-20(25)12-15-5-4-6-17(11-15)26-10-9-24(2)3/h4-8,11,13-14H,9-10,12H2,1-3H3,(H,23,25). The number of ether oxygens (including phenoxy) is 1. The van der Waals surface area contributed by atoms with Crippen LogP contribution < -0.4 is 10.1 Å². The predicted molar refractivity (Wildman–Crippen MR) is 102 cm³/mol. The van der Waals surface area contributed by atoms with Crippen molar-refractivity contribution in [2.45, 2.75) is 19.4 Å². The molecule has 0 heterocycles. The van der Waals surface area contributed by atoms with E-state index in [4.69, 9.17) is 16.3 Å². The Hall–Kier alpha value is -2.11. The van der Waals surface area contributed by atoms with Crippen molar-refractivity contribution in [3.8, 4) is 5.75 Å². The van der Waals surface area contributed by atoms with Gasteiger partial charge in [-0.2, -0.15) is 0 Å². The second-order valence-corrected chi connectivity index (χ2v) is 6.85. The largest absolute Gasteiger partial charge is 0.492 e. The molecule has 6 heteroatoms. The number of carbonyl (C=O) groups excluding carboxylic acids is 1. The van der Waals surface area contributed by atoms with Gasteiger partial charge in [0.25, 0.3) is 0 Å². The van der Waals surface area contributed by atoms with Gasteiger partial charge in [-0.3, -0.25) is 4.79 Å². The number of nitrogens with one attached hydrogen (secondary N) is 1. The fourth-order valence-corrected chi connectivity index (χ4v) is 2.62. The van der Waals surface area contributed by atoms with Crippen LogP contribution in [-0.4, -0.2) is 38.1 Å². The maximum Gasteiger partial charge on any atom is 0.224 e. The lowest BCUT2D eigenvalue weighted by molar-refractivity contribution is -0.121. The van der Waals surface area contributed by atoms with Gasteiger partial charge in [-0.25, -0.2) is 4.39 Å². The topological polar surface area (TPSA) is 41.6 Å². The lowest BCUT2D eigenvalue weighted by atomic mass is 10.1. The molecule has 0 aliphatic heterocycles. The predicted octanol–water partition coefficient (Wildman–Crippen LogP) is 3.84. The summed E-state index contributed by atoms with van der Waals surface area (Å²) in [5.74, 6) is 0.152. The molecular weight excluding hydrogens is 355 g/mol. The Kier molecular flexibility index (Phi) is 7.42. The number of rotatable bonds is 8. The van der Waals surface area contributed by atoms with Gasteiger partial charge in [-0.15, -0.1) is 0 Å². The monoisotopic (exact) mass is 378 g/mol. The van der Waals surface area contributed by atoms with Crippen LogP contribution in [0.25, 0.3) is 0 Å². The van der Waals surface area contributed by atoms with Crippen molar-refractivity contribution in [3.63, 3.8) is 0 Å². The van der Waals surface area contributed by atoms with Crippen LogP contribution in [0.3, 0.4) is 0 Å². The second kappa shape index (κ2) is 9.55. The molecule has 26 heavy (non-hydrogen) atoms. The van der Waals surface area contributed by atoms with Crippen LogP contribution in [0, 0.1) is 5.82 Å². The zero-order valence-corrected chi connectivity index (χ0v) is 16.0. The summed E-state index contributed by atoms with van der Waals surface area (Å²) in [7, 11) is 3.97. The third-order valence-electron chi connectivity index (χ3n) is 3.89. The van der Waals surface area contributed by atoms with Gasteiger partial charge >= 0.3 is 0 Å². The molecule has 0 aliphatic rings. The summed E-state index contributed by atoms with van der Waals surface area (Å²) in [4.78, 5) is 14.3. The van der Waals surface area contributed by atoms with E-state index in [1.54, 1.807) is 6.07 Å². The summed E-state index contributed by atoms with van der Waals surface area (Å²) in [5.41, 5.74) is 1.62. The first-order valence-corrected chi connectivity index (χ1v) is 8.83. The number of nitrogens with zero attached hydrogens (tertiary/aromatic N) is 1. The highest BCUT2D eigenvalue weighted by Crippen LogP contribution is 2.21. The quantitative estimate of drug-likeness (QED) is 0.758. The first-order chi connectivity index (χ1) is 12.3. The number of halogens is 2. The third kappa shape index (κ3) is 6.32. The molecule has 4 nitrogen and oxygen atoms in total.